The topological polar surface area (TPSA) is 81.5 Å². The largest absolute Gasteiger partial charge is 0.444 e. The minimum absolute atomic E-state index is 0.181. The zero-order chi connectivity index (χ0) is 17.8. The number of rotatable bonds is 4. The molecule has 1 amide bonds. The van der Waals surface area contributed by atoms with Crippen molar-refractivity contribution in [1.29, 1.82) is 0 Å². The van der Waals surface area contributed by atoms with Crippen LogP contribution >= 0.6 is 0 Å². The lowest BCUT2D eigenvalue weighted by molar-refractivity contribution is -0.484. The molecule has 0 saturated heterocycles. The summed E-state index contributed by atoms with van der Waals surface area (Å²) in [6.45, 7) is 4.18. The molecule has 1 aromatic rings. The molecule has 0 aliphatic rings. The number of amides is 1. The molecule has 9 heteroatoms. The summed E-state index contributed by atoms with van der Waals surface area (Å²) in [5.41, 5.74) is -1.50. The Morgan fingerprint density at radius 1 is 1.26 bits per heavy atom. The van der Waals surface area contributed by atoms with Gasteiger partial charge in [0.05, 0.1) is 5.56 Å². The van der Waals surface area contributed by atoms with Crippen LogP contribution in [0.25, 0.3) is 0 Å². The molecule has 0 aliphatic heterocycles. The third-order valence-electron chi connectivity index (χ3n) is 2.66. The molecule has 0 unspecified atom stereocenters. The van der Waals surface area contributed by atoms with Crippen molar-refractivity contribution < 1.29 is 27.6 Å². The van der Waals surface area contributed by atoms with Crippen LogP contribution in [-0.4, -0.2) is 23.2 Å². The van der Waals surface area contributed by atoms with Gasteiger partial charge in [-0.3, -0.25) is 10.1 Å². The maximum Gasteiger partial charge on any atom is 0.416 e. The van der Waals surface area contributed by atoms with E-state index in [0.717, 1.165) is 24.3 Å². The van der Waals surface area contributed by atoms with Gasteiger partial charge in [0.25, 0.3) is 0 Å². The third-order valence-corrected chi connectivity index (χ3v) is 2.66. The minimum Gasteiger partial charge on any atom is -0.444 e. The van der Waals surface area contributed by atoms with Crippen molar-refractivity contribution in [1.82, 2.24) is 5.32 Å². The number of nitro groups is 1. The van der Waals surface area contributed by atoms with Gasteiger partial charge in [-0.05, 0) is 38.5 Å². The van der Waals surface area contributed by atoms with Crippen molar-refractivity contribution in [2.75, 3.05) is 6.54 Å². The molecule has 1 rings (SSSR count). The second kappa shape index (κ2) is 6.84. The number of nitrogens with one attached hydrogen (secondary N) is 1. The molecular weight excluding hydrogens is 317 g/mol. The van der Waals surface area contributed by atoms with Crippen molar-refractivity contribution in [3.8, 4) is 0 Å². The number of nitrogens with zero attached hydrogens (tertiary/aromatic N) is 1. The number of benzene rings is 1. The average molecular weight is 334 g/mol. The molecule has 0 fully saturated rings. The van der Waals surface area contributed by atoms with Crippen molar-refractivity contribution in [2.24, 2.45) is 0 Å². The van der Waals surface area contributed by atoms with Gasteiger partial charge in [0.1, 0.15) is 11.6 Å². The highest BCUT2D eigenvalue weighted by Gasteiger charge is 2.31. The molecule has 1 N–H and O–H groups in total. The van der Waals surface area contributed by atoms with E-state index in [1.165, 1.54) is 0 Å². The van der Waals surface area contributed by atoms with Crippen LogP contribution in [0.4, 0.5) is 18.0 Å². The van der Waals surface area contributed by atoms with Crippen molar-refractivity contribution in [2.45, 2.75) is 38.6 Å². The van der Waals surface area contributed by atoms with Crippen molar-refractivity contribution >= 4 is 6.09 Å². The lowest BCUT2D eigenvalue weighted by Gasteiger charge is -2.22. The Kier molecular flexibility index (Phi) is 5.57. The van der Waals surface area contributed by atoms with Crippen LogP contribution in [0.15, 0.2) is 24.3 Å². The van der Waals surface area contributed by atoms with Crippen LogP contribution in [0, 0.1) is 10.1 Å². The number of hydrogen-bond acceptors (Lipinski definition) is 4. The zero-order valence-corrected chi connectivity index (χ0v) is 12.8. The van der Waals surface area contributed by atoms with Crippen LogP contribution in [0.1, 0.15) is 37.9 Å². The van der Waals surface area contributed by atoms with Gasteiger partial charge >= 0.3 is 12.3 Å². The maximum absolute atomic E-state index is 12.5. The van der Waals surface area contributed by atoms with Crippen molar-refractivity contribution in [3.05, 3.63) is 45.5 Å². The van der Waals surface area contributed by atoms with Gasteiger partial charge in [-0.25, -0.2) is 4.79 Å². The summed E-state index contributed by atoms with van der Waals surface area (Å²) < 4.78 is 42.6. The van der Waals surface area contributed by atoms with Gasteiger partial charge in [0.2, 0.25) is 6.54 Å². The highest BCUT2D eigenvalue weighted by molar-refractivity contribution is 5.68. The fourth-order valence-corrected chi connectivity index (χ4v) is 1.74. The van der Waals surface area contributed by atoms with E-state index in [1.807, 2.05) is 0 Å². The number of ether oxygens (including phenoxy) is 1. The predicted molar refractivity (Wildman–Crippen MR) is 75.4 cm³/mol. The van der Waals surface area contributed by atoms with Gasteiger partial charge in [-0.2, -0.15) is 13.2 Å². The molecule has 0 aromatic heterocycles. The molecule has 1 atom stereocenters. The van der Waals surface area contributed by atoms with Gasteiger partial charge in [-0.1, -0.05) is 12.1 Å². The van der Waals surface area contributed by atoms with Crippen LogP contribution in [0.5, 0.6) is 0 Å². The van der Waals surface area contributed by atoms with Gasteiger partial charge < -0.3 is 10.1 Å². The monoisotopic (exact) mass is 334 g/mol. The van der Waals surface area contributed by atoms with Crippen LogP contribution < -0.4 is 5.32 Å². The summed E-state index contributed by atoms with van der Waals surface area (Å²) in [4.78, 5) is 21.8. The van der Waals surface area contributed by atoms with E-state index in [-0.39, 0.29) is 5.56 Å². The molecule has 0 aliphatic carbocycles. The Bertz CT molecular complexity index is 565. The van der Waals surface area contributed by atoms with E-state index in [4.69, 9.17) is 4.74 Å². The van der Waals surface area contributed by atoms with Crippen LogP contribution in [0.2, 0.25) is 0 Å². The van der Waals surface area contributed by atoms with E-state index in [2.05, 4.69) is 5.32 Å². The summed E-state index contributed by atoms with van der Waals surface area (Å²) in [7, 11) is 0. The Morgan fingerprint density at radius 3 is 2.17 bits per heavy atom. The Balaban J connectivity index is 2.94. The molecule has 0 bridgehead atoms. The quantitative estimate of drug-likeness (QED) is 0.674. The fraction of sp³-hybridized carbons (Fsp3) is 0.500. The first-order chi connectivity index (χ1) is 10.4. The summed E-state index contributed by atoms with van der Waals surface area (Å²) in [5.74, 6) is 0. The van der Waals surface area contributed by atoms with Gasteiger partial charge in [-0.15, -0.1) is 0 Å². The SMILES string of the molecule is CC(C)(C)OC(=O)N[C@@H](C[N+](=O)[O-])c1ccc(C(F)(F)F)cc1. The van der Waals surface area contributed by atoms with Crippen LogP contribution in [0.3, 0.4) is 0 Å². The second-order valence-corrected chi connectivity index (χ2v) is 5.83. The van der Waals surface area contributed by atoms with Gasteiger partial charge in [0, 0.05) is 4.92 Å². The van der Waals surface area contributed by atoms with E-state index in [1.54, 1.807) is 20.8 Å². The number of halogens is 3. The van der Waals surface area contributed by atoms with Gasteiger partial charge in [0.15, 0.2) is 0 Å². The van der Waals surface area contributed by atoms with E-state index >= 15 is 0 Å². The standard InChI is InChI=1S/C14H17F3N2O4/c1-13(2,3)23-12(20)18-11(8-19(21)22)9-4-6-10(7-5-9)14(15,16)17/h4-7,11H,8H2,1-3H3,(H,18,20)/t11-/m0/s1. The molecule has 0 radical (unpaired) electrons. The summed E-state index contributed by atoms with van der Waals surface area (Å²) in [6.07, 6.45) is -5.39. The minimum atomic E-state index is -4.50. The first-order valence-electron chi connectivity index (χ1n) is 6.67. The first kappa shape index (κ1) is 18.7. The van der Waals surface area contributed by atoms with Crippen LogP contribution in [-0.2, 0) is 10.9 Å². The smallest absolute Gasteiger partial charge is 0.416 e. The highest BCUT2D eigenvalue weighted by atomic mass is 19.4. The number of alkyl halides is 3. The normalized spacial score (nSPS) is 13.3. The molecule has 0 saturated carbocycles. The van der Waals surface area contributed by atoms with E-state index < -0.39 is 40.9 Å². The third kappa shape index (κ3) is 6.54. The summed E-state index contributed by atoms with van der Waals surface area (Å²) >= 11 is 0. The number of alkyl carbamates (subject to hydrolysis) is 1. The summed E-state index contributed by atoms with van der Waals surface area (Å²) in [5, 5.41) is 13.0. The predicted octanol–water partition coefficient (Wildman–Crippen LogP) is 3.55. The Labute approximate surface area is 130 Å². The Morgan fingerprint density at radius 2 is 1.78 bits per heavy atom. The molecular formula is C14H17F3N2O4. The number of hydrogen-bond donors (Lipinski definition) is 1. The second-order valence-electron chi connectivity index (χ2n) is 5.83. The Hall–Kier alpha value is -2.32. The molecule has 23 heavy (non-hydrogen) atoms. The number of carbonyl (C=O) groups is 1. The fourth-order valence-electron chi connectivity index (χ4n) is 1.74. The van der Waals surface area contributed by atoms with Crippen molar-refractivity contribution in [3.63, 3.8) is 0 Å². The van der Waals surface area contributed by atoms with E-state index in [0.29, 0.717) is 0 Å². The molecule has 128 valence electrons. The zero-order valence-electron chi connectivity index (χ0n) is 12.8. The van der Waals surface area contributed by atoms with E-state index in [9.17, 15) is 28.1 Å². The first-order valence-corrected chi connectivity index (χ1v) is 6.67. The molecule has 0 spiro atoms. The average Bonchev–Trinajstić information content (AvgIpc) is 2.34. The maximum atomic E-state index is 12.5. The lowest BCUT2D eigenvalue weighted by Crippen LogP contribution is -2.37. The molecule has 0 heterocycles. The highest BCUT2D eigenvalue weighted by Crippen LogP contribution is 2.30. The summed E-state index contributed by atoms with van der Waals surface area (Å²) in [6, 6.07) is 2.70. The molecule has 1 aromatic carbocycles. The number of carbonyl (C=O) groups excluding carboxylic acids is 1. The molecule has 6 nitrogen and oxygen atoms in total. The lowest BCUT2D eigenvalue weighted by atomic mass is 10.0.